The molecule has 2 rings (SSSR count). The molecule has 0 bridgehead atoms. The van der Waals surface area contributed by atoms with Crippen LogP contribution in [0.25, 0.3) is 0 Å². The Bertz CT molecular complexity index is 415. The van der Waals surface area contributed by atoms with Gasteiger partial charge in [0.05, 0.1) is 6.61 Å². The van der Waals surface area contributed by atoms with E-state index in [2.05, 4.69) is 20.8 Å². The third-order valence-corrected chi connectivity index (χ3v) is 3.99. The highest BCUT2D eigenvalue weighted by atomic mass is 79.9. The Morgan fingerprint density at radius 2 is 1.95 bits per heavy atom. The van der Waals surface area contributed by atoms with Crippen LogP contribution in [0.1, 0.15) is 36.0 Å². The highest BCUT2D eigenvalue weighted by Crippen LogP contribution is 2.26. The Morgan fingerprint density at radius 1 is 1.26 bits per heavy atom. The van der Waals surface area contributed by atoms with E-state index in [9.17, 15) is 4.79 Å². The topological polar surface area (TPSA) is 40.5 Å². The van der Waals surface area contributed by atoms with Gasteiger partial charge in [0.15, 0.2) is 5.78 Å². The van der Waals surface area contributed by atoms with E-state index >= 15 is 0 Å². The Morgan fingerprint density at radius 3 is 2.53 bits per heavy atom. The summed E-state index contributed by atoms with van der Waals surface area (Å²) in [6.07, 6.45) is 3.92. The molecule has 1 saturated carbocycles. The summed E-state index contributed by atoms with van der Waals surface area (Å²) in [5.74, 6) is 0.201. The molecule has 0 atom stereocenters. The van der Waals surface area contributed by atoms with E-state index < -0.39 is 0 Å². The molecule has 1 fully saturated rings. The van der Waals surface area contributed by atoms with Crippen molar-refractivity contribution < 1.29 is 9.90 Å². The quantitative estimate of drug-likeness (QED) is 0.747. The summed E-state index contributed by atoms with van der Waals surface area (Å²) in [5, 5.41) is 9.01. The third kappa shape index (κ3) is 4.71. The van der Waals surface area contributed by atoms with Gasteiger partial charge in [0.25, 0.3) is 0 Å². The number of halogens is 1. The largest absolute Gasteiger partial charge is 0.395 e. The van der Waals surface area contributed by atoms with E-state index in [4.69, 9.17) is 5.11 Å². The van der Waals surface area contributed by atoms with E-state index in [0.29, 0.717) is 12.5 Å². The molecule has 104 valence electrons. The van der Waals surface area contributed by atoms with Gasteiger partial charge in [-0.15, -0.1) is 0 Å². The van der Waals surface area contributed by atoms with Crippen molar-refractivity contribution in [3.8, 4) is 0 Å². The Kier molecular flexibility index (Phi) is 5.55. The average Bonchev–Trinajstić information content (AvgIpc) is 3.22. The van der Waals surface area contributed by atoms with Crippen molar-refractivity contribution >= 4 is 21.7 Å². The number of ketones is 1. The maximum atomic E-state index is 12.0. The van der Waals surface area contributed by atoms with Crippen LogP contribution in [0, 0.1) is 0 Å². The fourth-order valence-corrected chi connectivity index (χ4v) is 2.53. The van der Waals surface area contributed by atoms with Crippen LogP contribution < -0.4 is 0 Å². The summed E-state index contributed by atoms with van der Waals surface area (Å²) in [6.45, 7) is 1.85. The summed E-state index contributed by atoms with van der Waals surface area (Å²) in [7, 11) is 0. The molecule has 1 aliphatic rings. The predicted octanol–water partition coefficient (Wildman–Crippen LogP) is 2.87. The lowest BCUT2D eigenvalue weighted by Crippen LogP contribution is -2.30. The number of aliphatic hydroxyl groups excluding tert-OH is 1. The number of rotatable bonds is 8. The second-order valence-corrected chi connectivity index (χ2v) is 5.94. The fraction of sp³-hybridized carbons (Fsp3) is 0.533. The highest BCUT2D eigenvalue weighted by Gasteiger charge is 2.27. The first-order valence-electron chi connectivity index (χ1n) is 6.84. The minimum atomic E-state index is 0.201. The molecular formula is C15H20BrNO2. The van der Waals surface area contributed by atoms with Crippen LogP contribution in [0.5, 0.6) is 0 Å². The van der Waals surface area contributed by atoms with Crippen LogP contribution >= 0.6 is 15.9 Å². The fourth-order valence-electron chi connectivity index (χ4n) is 2.27. The SMILES string of the molecule is O=C(CCCN(CCO)C1CC1)c1ccc(Br)cc1. The normalized spacial score (nSPS) is 14.9. The lowest BCUT2D eigenvalue weighted by molar-refractivity contribution is 0.0972. The first kappa shape index (κ1) is 14.7. The number of nitrogens with zero attached hydrogens (tertiary/aromatic N) is 1. The van der Waals surface area contributed by atoms with Gasteiger partial charge in [0.2, 0.25) is 0 Å². The number of aliphatic hydroxyl groups is 1. The molecule has 0 aliphatic heterocycles. The van der Waals surface area contributed by atoms with Gasteiger partial charge in [0.1, 0.15) is 0 Å². The zero-order valence-corrected chi connectivity index (χ0v) is 12.6. The number of benzene rings is 1. The molecule has 19 heavy (non-hydrogen) atoms. The van der Waals surface area contributed by atoms with Crippen LogP contribution in [0.15, 0.2) is 28.7 Å². The lowest BCUT2D eigenvalue weighted by atomic mass is 10.1. The summed E-state index contributed by atoms with van der Waals surface area (Å²) in [6, 6.07) is 8.16. The average molecular weight is 326 g/mol. The molecule has 3 nitrogen and oxygen atoms in total. The second-order valence-electron chi connectivity index (χ2n) is 5.02. The summed E-state index contributed by atoms with van der Waals surface area (Å²) >= 11 is 3.36. The maximum absolute atomic E-state index is 12.0. The number of hydrogen-bond acceptors (Lipinski definition) is 3. The zero-order chi connectivity index (χ0) is 13.7. The van der Waals surface area contributed by atoms with E-state index in [1.165, 1.54) is 12.8 Å². The molecule has 0 saturated heterocycles. The molecule has 0 amide bonds. The Hall–Kier alpha value is -0.710. The molecule has 0 spiro atoms. The van der Waals surface area contributed by atoms with Crippen molar-refractivity contribution in [3.63, 3.8) is 0 Å². The Labute approximate surface area is 122 Å². The molecule has 1 aromatic rings. The standard InChI is InChI=1S/C15H20BrNO2/c16-13-5-3-12(4-6-13)15(19)2-1-9-17(10-11-18)14-7-8-14/h3-6,14,18H,1-2,7-11H2. The highest BCUT2D eigenvalue weighted by molar-refractivity contribution is 9.10. The first-order chi connectivity index (χ1) is 9.20. The minimum absolute atomic E-state index is 0.201. The van der Waals surface area contributed by atoms with Crippen LogP contribution in [0.4, 0.5) is 0 Å². The maximum Gasteiger partial charge on any atom is 0.162 e. The van der Waals surface area contributed by atoms with E-state index in [1.807, 2.05) is 24.3 Å². The van der Waals surface area contributed by atoms with E-state index in [-0.39, 0.29) is 12.4 Å². The number of Topliss-reactive ketones (excluding diaryl/α,β-unsaturated/α-hetero) is 1. The summed E-state index contributed by atoms with van der Waals surface area (Å²) in [5.41, 5.74) is 0.781. The van der Waals surface area contributed by atoms with Crippen LogP contribution in [-0.2, 0) is 0 Å². The monoisotopic (exact) mass is 325 g/mol. The number of carbonyl (C=O) groups excluding carboxylic acids is 1. The van der Waals surface area contributed by atoms with E-state index in [0.717, 1.165) is 29.5 Å². The smallest absolute Gasteiger partial charge is 0.162 e. The Balaban J connectivity index is 1.75. The van der Waals surface area contributed by atoms with Crippen LogP contribution in [-0.4, -0.2) is 41.5 Å². The second kappa shape index (κ2) is 7.17. The van der Waals surface area contributed by atoms with Gasteiger partial charge in [-0.1, -0.05) is 28.1 Å². The van der Waals surface area contributed by atoms with Gasteiger partial charge in [0, 0.05) is 29.0 Å². The van der Waals surface area contributed by atoms with Crippen molar-refractivity contribution in [2.24, 2.45) is 0 Å². The molecule has 1 N–H and O–H groups in total. The minimum Gasteiger partial charge on any atom is -0.395 e. The van der Waals surface area contributed by atoms with Crippen molar-refractivity contribution in [2.75, 3.05) is 19.7 Å². The number of carbonyl (C=O) groups is 1. The lowest BCUT2D eigenvalue weighted by Gasteiger charge is -2.20. The van der Waals surface area contributed by atoms with Gasteiger partial charge < -0.3 is 5.11 Å². The molecule has 0 unspecified atom stereocenters. The first-order valence-corrected chi connectivity index (χ1v) is 7.63. The zero-order valence-electron chi connectivity index (χ0n) is 11.0. The van der Waals surface area contributed by atoms with Crippen LogP contribution in [0.3, 0.4) is 0 Å². The molecule has 0 radical (unpaired) electrons. The van der Waals surface area contributed by atoms with Gasteiger partial charge in [-0.2, -0.15) is 0 Å². The third-order valence-electron chi connectivity index (χ3n) is 3.47. The summed E-state index contributed by atoms with van der Waals surface area (Å²) in [4.78, 5) is 14.3. The van der Waals surface area contributed by atoms with E-state index in [1.54, 1.807) is 0 Å². The summed E-state index contributed by atoms with van der Waals surface area (Å²) < 4.78 is 0.993. The molecule has 1 aliphatic carbocycles. The van der Waals surface area contributed by atoms with Gasteiger partial charge >= 0.3 is 0 Å². The molecule has 4 heteroatoms. The predicted molar refractivity (Wildman–Crippen MR) is 79.4 cm³/mol. The van der Waals surface area contributed by atoms with Gasteiger partial charge in [-0.05, 0) is 37.9 Å². The van der Waals surface area contributed by atoms with Crippen molar-refractivity contribution in [1.29, 1.82) is 0 Å². The number of hydrogen-bond donors (Lipinski definition) is 1. The van der Waals surface area contributed by atoms with Gasteiger partial charge in [-0.3, -0.25) is 9.69 Å². The van der Waals surface area contributed by atoms with Crippen molar-refractivity contribution in [2.45, 2.75) is 31.7 Å². The van der Waals surface area contributed by atoms with Crippen molar-refractivity contribution in [1.82, 2.24) is 4.90 Å². The van der Waals surface area contributed by atoms with Gasteiger partial charge in [-0.25, -0.2) is 0 Å². The van der Waals surface area contributed by atoms with Crippen LogP contribution in [0.2, 0.25) is 0 Å². The molecule has 1 aromatic carbocycles. The molecule has 0 heterocycles. The molecule has 0 aromatic heterocycles. The molecular weight excluding hydrogens is 306 g/mol. The van der Waals surface area contributed by atoms with Crippen molar-refractivity contribution in [3.05, 3.63) is 34.3 Å².